The number of fused-ring (bicyclic) bond motifs is 3. The van der Waals surface area contributed by atoms with Crippen molar-refractivity contribution in [2.24, 2.45) is 0 Å². The van der Waals surface area contributed by atoms with Crippen LogP contribution in [0.5, 0.6) is 11.5 Å². The Morgan fingerprint density at radius 2 is 1.76 bits per heavy atom. The van der Waals surface area contributed by atoms with Gasteiger partial charge in [0.05, 0.1) is 12.4 Å². The highest BCUT2D eigenvalue weighted by atomic mass is 19.1. The Kier molecular flexibility index (Phi) is 4.67. The van der Waals surface area contributed by atoms with E-state index in [9.17, 15) is 9.18 Å². The van der Waals surface area contributed by atoms with E-state index >= 15 is 0 Å². The summed E-state index contributed by atoms with van der Waals surface area (Å²) in [6, 6.07) is 13.8. The highest BCUT2D eigenvalue weighted by molar-refractivity contribution is 5.95. The molecule has 0 unspecified atom stereocenters. The van der Waals surface area contributed by atoms with Crippen molar-refractivity contribution < 1.29 is 18.7 Å². The predicted octanol–water partition coefficient (Wildman–Crippen LogP) is 3.54. The first kappa shape index (κ1) is 20.0. The van der Waals surface area contributed by atoms with Crippen molar-refractivity contribution >= 4 is 11.9 Å². The van der Waals surface area contributed by atoms with Gasteiger partial charge in [0.2, 0.25) is 12.7 Å². The summed E-state index contributed by atoms with van der Waals surface area (Å²) in [4.78, 5) is 25.8. The van der Waals surface area contributed by atoms with Crippen LogP contribution in [0, 0.1) is 5.82 Å². The number of ether oxygens (including phenoxy) is 2. The fraction of sp³-hybridized carbons (Fsp3) is 0.320. The Balaban J connectivity index is 1.27. The Morgan fingerprint density at radius 1 is 1.00 bits per heavy atom. The van der Waals surface area contributed by atoms with Crippen LogP contribution in [0.1, 0.15) is 34.3 Å². The van der Waals surface area contributed by atoms with Crippen molar-refractivity contribution in [3.8, 4) is 11.5 Å². The van der Waals surface area contributed by atoms with Gasteiger partial charge < -0.3 is 19.3 Å². The third-order valence-corrected chi connectivity index (χ3v) is 6.96. The van der Waals surface area contributed by atoms with Crippen LogP contribution in [-0.2, 0) is 12.0 Å². The van der Waals surface area contributed by atoms with Gasteiger partial charge in [-0.15, -0.1) is 0 Å². The van der Waals surface area contributed by atoms with E-state index in [0.29, 0.717) is 36.1 Å². The second-order valence-electron chi connectivity index (χ2n) is 8.86. The molecular formula is C25H23FN4O3. The minimum absolute atomic E-state index is 0.00789. The number of aromatic nitrogens is 2. The fourth-order valence-electron chi connectivity index (χ4n) is 5.27. The number of hydrogen-bond donors (Lipinski definition) is 0. The molecule has 1 spiro atoms. The molecule has 3 aliphatic heterocycles. The summed E-state index contributed by atoms with van der Waals surface area (Å²) in [5.41, 5.74) is 2.96. The van der Waals surface area contributed by atoms with Crippen molar-refractivity contribution in [2.45, 2.75) is 24.8 Å². The van der Waals surface area contributed by atoms with Gasteiger partial charge in [-0.25, -0.2) is 14.4 Å². The first-order valence-corrected chi connectivity index (χ1v) is 11.1. The topological polar surface area (TPSA) is 67.8 Å². The number of amides is 1. The second kappa shape index (κ2) is 7.72. The summed E-state index contributed by atoms with van der Waals surface area (Å²) in [6.07, 6.45) is 4.12. The molecule has 1 saturated heterocycles. The molecule has 6 rings (SSSR count). The van der Waals surface area contributed by atoms with E-state index in [2.05, 4.69) is 33.1 Å². The maximum atomic E-state index is 13.5. The summed E-state index contributed by atoms with van der Waals surface area (Å²) < 4.78 is 24.1. The monoisotopic (exact) mass is 446 g/mol. The van der Waals surface area contributed by atoms with E-state index in [4.69, 9.17) is 9.47 Å². The third kappa shape index (κ3) is 3.46. The molecule has 0 bridgehead atoms. The van der Waals surface area contributed by atoms with Crippen molar-refractivity contribution in [3.63, 3.8) is 0 Å². The lowest BCUT2D eigenvalue weighted by Crippen LogP contribution is -2.53. The van der Waals surface area contributed by atoms with Crippen molar-refractivity contribution in [1.29, 1.82) is 0 Å². The van der Waals surface area contributed by atoms with Crippen LogP contribution < -0.4 is 14.4 Å². The Hall–Kier alpha value is -3.68. The highest BCUT2D eigenvalue weighted by Gasteiger charge is 2.43. The lowest BCUT2D eigenvalue weighted by Gasteiger charge is -2.48. The van der Waals surface area contributed by atoms with E-state index in [1.165, 1.54) is 23.5 Å². The molecule has 0 N–H and O–H groups in total. The Bertz CT molecular complexity index is 1210. The molecule has 33 heavy (non-hydrogen) atoms. The average Bonchev–Trinajstić information content (AvgIpc) is 3.33. The van der Waals surface area contributed by atoms with E-state index in [-0.39, 0.29) is 18.1 Å². The number of halogens is 1. The molecule has 0 radical (unpaired) electrons. The number of benzene rings is 2. The predicted molar refractivity (Wildman–Crippen MR) is 119 cm³/mol. The molecule has 3 aliphatic rings. The Labute approximate surface area is 190 Å². The van der Waals surface area contributed by atoms with Crippen molar-refractivity contribution in [3.05, 3.63) is 77.4 Å². The number of carbonyl (C=O) groups excluding carboxylic acids is 1. The Morgan fingerprint density at radius 3 is 2.58 bits per heavy atom. The summed E-state index contributed by atoms with van der Waals surface area (Å²) >= 11 is 0. The van der Waals surface area contributed by atoms with Gasteiger partial charge in [0, 0.05) is 37.2 Å². The molecule has 8 heteroatoms. The number of carbonyl (C=O) groups is 1. The largest absolute Gasteiger partial charge is 0.454 e. The first-order valence-electron chi connectivity index (χ1n) is 11.1. The number of nitrogens with zero attached hydrogens (tertiary/aromatic N) is 4. The van der Waals surface area contributed by atoms with Gasteiger partial charge in [0.1, 0.15) is 0 Å². The third-order valence-electron chi connectivity index (χ3n) is 6.96. The van der Waals surface area contributed by atoms with Crippen LogP contribution in [0.15, 0.2) is 54.9 Å². The molecule has 0 saturated carbocycles. The molecule has 3 aromatic rings. The van der Waals surface area contributed by atoms with Gasteiger partial charge in [-0.2, -0.15) is 0 Å². The van der Waals surface area contributed by atoms with Crippen molar-refractivity contribution in [1.82, 2.24) is 14.9 Å². The lowest BCUT2D eigenvalue weighted by atomic mass is 9.68. The molecule has 7 nitrogen and oxygen atoms in total. The van der Waals surface area contributed by atoms with Gasteiger partial charge in [-0.1, -0.05) is 24.3 Å². The minimum Gasteiger partial charge on any atom is -0.454 e. The number of anilines is 1. The second-order valence-corrected chi connectivity index (χ2v) is 8.86. The fourth-order valence-corrected chi connectivity index (χ4v) is 5.27. The summed E-state index contributed by atoms with van der Waals surface area (Å²) in [5, 5.41) is 0. The van der Waals surface area contributed by atoms with Crippen LogP contribution in [-0.4, -0.2) is 47.2 Å². The maximum absolute atomic E-state index is 13.5. The highest BCUT2D eigenvalue weighted by Crippen LogP contribution is 2.43. The van der Waals surface area contributed by atoms with Gasteiger partial charge in [0.15, 0.2) is 17.3 Å². The number of piperidine rings is 1. The molecule has 2 aromatic carbocycles. The van der Waals surface area contributed by atoms with Crippen LogP contribution in [0.2, 0.25) is 0 Å². The van der Waals surface area contributed by atoms with Gasteiger partial charge in [0.25, 0.3) is 5.91 Å². The van der Waals surface area contributed by atoms with E-state index in [0.717, 1.165) is 25.9 Å². The smallest absolute Gasteiger partial charge is 0.254 e. The van der Waals surface area contributed by atoms with Crippen molar-refractivity contribution in [2.75, 3.05) is 31.3 Å². The van der Waals surface area contributed by atoms with E-state index < -0.39 is 5.82 Å². The maximum Gasteiger partial charge on any atom is 0.254 e. The van der Waals surface area contributed by atoms with Gasteiger partial charge in [-0.05, 0) is 42.2 Å². The molecule has 168 valence electrons. The molecule has 1 amide bonds. The van der Waals surface area contributed by atoms with E-state index in [1.807, 2.05) is 11.0 Å². The van der Waals surface area contributed by atoms with Crippen LogP contribution in [0.3, 0.4) is 0 Å². The number of rotatable bonds is 2. The zero-order chi connectivity index (χ0) is 22.4. The minimum atomic E-state index is -0.439. The average molecular weight is 446 g/mol. The lowest BCUT2D eigenvalue weighted by molar-refractivity contribution is 0.0647. The molecule has 4 heterocycles. The standard InChI is InChI=1S/C25H23FN4O3/c26-19-12-27-24(28-13-19)29-9-7-25(8-10-29)15-30(14-18-3-1-2-4-20(18)25)23(31)17-5-6-21-22(11-17)33-16-32-21/h1-6,11-13H,7-10,14-16H2. The molecule has 0 aliphatic carbocycles. The summed E-state index contributed by atoms with van der Waals surface area (Å²) in [6.45, 7) is 2.89. The zero-order valence-corrected chi connectivity index (χ0v) is 18.0. The van der Waals surface area contributed by atoms with Crippen LogP contribution in [0.25, 0.3) is 0 Å². The SMILES string of the molecule is O=C(c1ccc2c(c1)OCO2)N1Cc2ccccc2C2(CCN(c3ncc(F)cn3)CC2)C1. The van der Waals surface area contributed by atoms with Crippen LogP contribution in [0.4, 0.5) is 10.3 Å². The first-order chi connectivity index (χ1) is 16.1. The number of hydrogen-bond acceptors (Lipinski definition) is 6. The molecule has 1 fully saturated rings. The normalized spacial score (nSPS) is 18.3. The van der Waals surface area contributed by atoms with Crippen LogP contribution >= 0.6 is 0 Å². The quantitative estimate of drug-likeness (QED) is 0.600. The zero-order valence-electron chi connectivity index (χ0n) is 18.0. The molecule has 1 aromatic heterocycles. The van der Waals surface area contributed by atoms with Gasteiger partial charge >= 0.3 is 0 Å². The summed E-state index contributed by atoms with van der Waals surface area (Å²) in [5.74, 6) is 1.38. The molecule has 0 atom stereocenters. The van der Waals surface area contributed by atoms with E-state index in [1.54, 1.807) is 18.2 Å². The molecular weight excluding hydrogens is 423 g/mol. The van der Waals surface area contributed by atoms with Gasteiger partial charge in [-0.3, -0.25) is 4.79 Å². The summed E-state index contributed by atoms with van der Waals surface area (Å²) in [7, 11) is 0.